The van der Waals surface area contributed by atoms with Gasteiger partial charge in [-0.25, -0.2) is 29.9 Å². The summed E-state index contributed by atoms with van der Waals surface area (Å²) in [6, 6.07) is 32.2. The molecule has 11 heteroatoms. The van der Waals surface area contributed by atoms with Crippen LogP contribution in [0.1, 0.15) is 0 Å². The van der Waals surface area contributed by atoms with Gasteiger partial charge in [0.05, 0.1) is 0 Å². The molecule has 0 spiro atoms. The SMILES string of the molecule is [Cu].[O]=[Fe].c1ccc2c(c1)-c1nc-2nc2[nH]c(nc3nc(nc4[nH]c(n1)c1ccccc41)-c1ccccc1-3)c1ccccc21. The van der Waals surface area contributed by atoms with Crippen LogP contribution in [0.15, 0.2) is 97.1 Å². The molecule has 9 rings (SSSR count). The number of aromatic nitrogens is 8. The van der Waals surface area contributed by atoms with E-state index in [1.165, 1.54) is 0 Å². The number of hydrogen-bond donors (Lipinski definition) is 2. The minimum Gasteiger partial charge on any atom is -0.324 e. The van der Waals surface area contributed by atoms with Crippen LogP contribution >= 0.6 is 0 Å². The van der Waals surface area contributed by atoms with Crippen molar-refractivity contribution >= 4 is 44.1 Å². The van der Waals surface area contributed by atoms with Crippen LogP contribution in [0, 0.1) is 0 Å². The first-order valence-electron chi connectivity index (χ1n) is 13.1. The zero-order valence-electron chi connectivity index (χ0n) is 22.0. The Kier molecular flexibility index (Phi) is 6.72. The van der Waals surface area contributed by atoms with E-state index in [1.807, 2.05) is 113 Å². The second-order valence-electron chi connectivity index (χ2n) is 9.79. The van der Waals surface area contributed by atoms with Crippen LogP contribution < -0.4 is 0 Å². The first kappa shape index (κ1) is 26.9. The molecule has 5 heterocycles. The summed E-state index contributed by atoms with van der Waals surface area (Å²) in [4.78, 5) is 36.8. The van der Waals surface area contributed by atoms with Crippen LogP contribution in [0.4, 0.5) is 0 Å². The van der Waals surface area contributed by atoms with Gasteiger partial charge in [-0.1, -0.05) is 97.1 Å². The Balaban J connectivity index is 0.000000981. The average molecular weight is 650 g/mol. The van der Waals surface area contributed by atoms with Gasteiger partial charge in [0.25, 0.3) is 0 Å². The maximum atomic E-state index is 8.00. The molecule has 0 fully saturated rings. The van der Waals surface area contributed by atoms with Crippen molar-refractivity contribution in [3.8, 4) is 45.6 Å². The Morgan fingerprint density at radius 2 is 0.605 bits per heavy atom. The van der Waals surface area contributed by atoms with Crippen LogP contribution in [0.3, 0.4) is 0 Å². The van der Waals surface area contributed by atoms with Crippen LogP contribution in [-0.4, -0.2) is 39.9 Å². The van der Waals surface area contributed by atoms with Crippen LogP contribution in [0.2, 0.25) is 0 Å². The molecule has 8 bridgehead atoms. The fourth-order valence-electron chi connectivity index (χ4n) is 5.59. The third-order valence-electron chi connectivity index (χ3n) is 7.46. The number of aromatic amines is 2. The third kappa shape index (κ3) is 4.29. The molecule has 7 aromatic rings. The number of hydrogen-bond acceptors (Lipinski definition) is 7. The van der Waals surface area contributed by atoms with Crippen molar-refractivity contribution < 1.29 is 36.8 Å². The van der Waals surface area contributed by atoms with Crippen molar-refractivity contribution in [2.75, 3.05) is 0 Å². The Morgan fingerprint density at radius 3 is 0.860 bits per heavy atom. The molecule has 2 N–H and O–H groups in total. The molecular formula is C32H18CuFeN8O. The standard InChI is InChI=1S/C32H18N8.Cu.Fe.O/c1-2-10-18-17(9-1)25-33-26(18)38-28-21-13-5-6-14-22(21)30(35-28)40-32-24-16-8-7-15-23(24)31(36-32)39-29-20-12-4-3-11-19(20)27(34-29)37-25;;;/h1-16H,(H2,33,34,35,36,37,38,39,40);;;. The summed E-state index contributed by atoms with van der Waals surface area (Å²) in [6.07, 6.45) is 0. The Hall–Kier alpha value is -4.92. The molecule has 211 valence electrons. The molecule has 2 aliphatic heterocycles. The van der Waals surface area contributed by atoms with Crippen molar-refractivity contribution in [3.63, 3.8) is 0 Å². The van der Waals surface area contributed by atoms with Gasteiger partial charge in [0.2, 0.25) is 0 Å². The summed E-state index contributed by atoms with van der Waals surface area (Å²) in [5.74, 6) is 2.39. The van der Waals surface area contributed by atoms with Crippen molar-refractivity contribution in [1.29, 1.82) is 0 Å². The monoisotopic (exact) mass is 649 g/mol. The molecule has 1 radical (unpaired) electrons. The molecule has 0 unspecified atom stereocenters. The molecule has 0 amide bonds. The van der Waals surface area contributed by atoms with E-state index in [2.05, 4.69) is 9.97 Å². The largest absolute Gasteiger partial charge is 0.324 e. The topological polar surface area (TPSA) is 126 Å². The van der Waals surface area contributed by atoms with Gasteiger partial charge in [0.1, 0.15) is 22.6 Å². The number of rotatable bonds is 0. The van der Waals surface area contributed by atoms with E-state index >= 15 is 0 Å². The molecule has 0 saturated heterocycles. The molecule has 0 saturated carbocycles. The van der Waals surface area contributed by atoms with Gasteiger partial charge in [-0.2, -0.15) is 0 Å². The summed E-state index contributed by atoms with van der Waals surface area (Å²) >= 11 is 2.00. The van der Waals surface area contributed by atoms with Crippen LogP contribution in [0.25, 0.3) is 89.7 Å². The maximum absolute atomic E-state index is 8.00. The zero-order chi connectivity index (χ0) is 28.2. The Morgan fingerprint density at radius 1 is 0.372 bits per heavy atom. The van der Waals surface area contributed by atoms with Crippen molar-refractivity contribution in [2.24, 2.45) is 0 Å². The molecule has 0 atom stereocenters. The minimum absolute atomic E-state index is 0. The predicted octanol–water partition coefficient (Wildman–Crippen LogP) is 6.75. The number of H-pyrrole nitrogens is 2. The van der Waals surface area contributed by atoms with Gasteiger partial charge >= 0.3 is 19.8 Å². The summed E-state index contributed by atoms with van der Waals surface area (Å²) < 4.78 is 8.00. The number of nitrogens with one attached hydrogen (secondary N) is 2. The first-order chi connectivity index (χ1) is 20.8. The fraction of sp³-hybridized carbons (Fsp3) is 0. The van der Waals surface area contributed by atoms with Crippen molar-refractivity contribution in [3.05, 3.63) is 97.1 Å². The van der Waals surface area contributed by atoms with E-state index in [4.69, 9.17) is 33.7 Å². The molecular weight excluding hydrogens is 632 g/mol. The summed E-state index contributed by atoms with van der Waals surface area (Å²) in [5, 5.41) is 3.82. The fourth-order valence-corrected chi connectivity index (χ4v) is 5.59. The van der Waals surface area contributed by atoms with Gasteiger partial charge in [0.15, 0.2) is 23.3 Å². The minimum atomic E-state index is 0. The summed E-state index contributed by atoms with van der Waals surface area (Å²) in [5.41, 5.74) is 6.45. The number of nitrogens with zero attached hydrogens (tertiary/aromatic N) is 6. The second-order valence-corrected chi connectivity index (χ2v) is 9.79. The summed E-state index contributed by atoms with van der Waals surface area (Å²) in [7, 11) is 0. The van der Waals surface area contributed by atoms with Gasteiger partial charge < -0.3 is 9.97 Å². The molecule has 9 nitrogen and oxygen atoms in total. The third-order valence-corrected chi connectivity index (χ3v) is 7.46. The van der Waals surface area contributed by atoms with Gasteiger partial charge in [-0.05, 0) is 0 Å². The predicted molar refractivity (Wildman–Crippen MR) is 157 cm³/mol. The Labute approximate surface area is 262 Å². The van der Waals surface area contributed by atoms with E-state index in [0.29, 0.717) is 45.9 Å². The zero-order valence-corrected chi connectivity index (χ0v) is 24.0. The van der Waals surface area contributed by atoms with E-state index in [1.54, 1.807) is 0 Å². The van der Waals surface area contributed by atoms with E-state index in [-0.39, 0.29) is 17.1 Å². The summed E-state index contributed by atoms with van der Waals surface area (Å²) in [6.45, 7) is 0. The van der Waals surface area contributed by atoms with Gasteiger partial charge in [-0.15, -0.1) is 0 Å². The maximum Gasteiger partial charge on any atom is 0.164 e. The molecule has 4 aromatic carbocycles. The van der Waals surface area contributed by atoms with Crippen LogP contribution in [-0.2, 0) is 36.8 Å². The van der Waals surface area contributed by atoms with Gasteiger partial charge in [0, 0.05) is 60.9 Å². The number of fused-ring (bicyclic) bond motifs is 20. The average Bonchev–Trinajstić information content (AvgIpc) is 3.78. The molecule has 43 heavy (non-hydrogen) atoms. The van der Waals surface area contributed by atoms with Crippen LogP contribution in [0.5, 0.6) is 0 Å². The van der Waals surface area contributed by atoms with Crippen molar-refractivity contribution in [1.82, 2.24) is 39.9 Å². The molecule has 0 aliphatic carbocycles. The smallest absolute Gasteiger partial charge is 0.164 e. The van der Waals surface area contributed by atoms with E-state index < -0.39 is 0 Å². The van der Waals surface area contributed by atoms with E-state index in [9.17, 15) is 0 Å². The van der Waals surface area contributed by atoms with Gasteiger partial charge in [-0.3, -0.25) is 0 Å². The quantitative estimate of drug-likeness (QED) is 0.174. The van der Waals surface area contributed by atoms with Crippen molar-refractivity contribution in [2.45, 2.75) is 0 Å². The number of benzene rings is 4. The normalized spacial score (nSPS) is 11.3. The second kappa shape index (κ2) is 10.7. The molecule has 3 aromatic heterocycles. The Bertz CT molecular complexity index is 2070. The van der Waals surface area contributed by atoms with E-state index in [0.717, 1.165) is 43.8 Å². The molecule has 2 aliphatic rings. The first-order valence-corrected chi connectivity index (χ1v) is 13.6.